The third kappa shape index (κ3) is 6.03. The number of anilines is 1. The van der Waals surface area contributed by atoms with Gasteiger partial charge in [-0.05, 0) is 76.6 Å². The Kier molecular flexibility index (Phi) is 8.64. The molecular formula is C39H42F4N6O6. The van der Waals surface area contributed by atoms with Gasteiger partial charge in [-0.1, -0.05) is 6.07 Å². The third-order valence-electron chi connectivity index (χ3n) is 11.6. The van der Waals surface area contributed by atoms with Gasteiger partial charge in [0.05, 0.1) is 23.7 Å². The Balaban J connectivity index is 1.20. The van der Waals surface area contributed by atoms with Crippen molar-refractivity contribution in [2.24, 2.45) is 0 Å². The minimum Gasteiger partial charge on any atom is -0.475 e. The second-order valence-corrected chi connectivity index (χ2v) is 16.2. The summed E-state index contributed by atoms with van der Waals surface area (Å²) in [7, 11) is 1.43. The van der Waals surface area contributed by atoms with E-state index in [4.69, 9.17) is 28.7 Å². The third-order valence-corrected chi connectivity index (χ3v) is 11.6. The summed E-state index contributed by atoms with van der Waals surface area (Å²) in [5.41, 5.74) is -1.90. The lowest BCUT2D eigenvalue weighted by atomic mass is 9.95. The lowest BCUT2D eigenvalue weighted by molar-refractivity contribution is 0.00537. The van der Waals surface area contributed by atoms with Gasteiger partial charge in [0, 0.05) is 37.6 Å². The maximum absolute atomic E-state index is 17.4. The van der Waals surface area contributed by atoms with Crippen molar-refractivity contribution in [3.63, 3.8) is 0 Å². The number of pyridine rings is 1. The Labute approximate surface area is 314 Å². The summed E-state index contributed by atoms with van der Waals surface area (Å²) in [5, 5.41) is 0.197. The molecule has 9 rings (SSSR count). The fraction of sp³-hybridized carbons (Fsp3) is 0.538. The van der Waals surface area contributed by atoms with Crippen LogP contribution in [0.2, 0.25) is 0 Å². The Morgan fingerprint density at radius 3 is 2.65 bits per heavy atom. The molecule has 5 aliphatic rings. The maximum atomic E-state index is 17.4. The molecule has 2 aromatic heterocycles. The van der Waals surface area contributed by atoms with Crippen molar-refractivity contribution in [2.45, 2.75) is 88.3 Å². The number of hydrogen-bond acceptors (Lipinski definition) is 11. The van der Waals surface area contributed by atoms with Gasteiger partial charge in [0.1, 0.15) is 53.2 Å². The largest absolute Gasteiger partial charge is 0.475 e. The molecule has 4 saturated heterocycles. The number of hydrogen-bond donors (Lipinski definition) is 0. The topological polar surface area (TPSA) is 112 Å². The number of alkyl halides is 1. The summed E-state index contributed by atoms with van der Waals surface area (Å²) < 4.78 is 91.8. The van der Waals surface area contributed by atoms with Crippen LogP contribution in [0.1, 0.15) is 52.9 Å². The Hall–Kier alpha value is -4.70. The molecule has 1 amide bonds. The molecule has 0 N–H and O–H groups in total. The van der Waals surface area contributed by atoms with Crippen LogP contribution in [0.15, 0.2) is 24.3 Å². The first-order valence-corrected chi connectivity index (χ1v) is 18.7. The number of ether oxygens (including phenoxy) is 5. The monoisotopic (exact) mass is 766 g/mol. The lowest BCUT2D eigenvalue weighted by Crippen LogP contribution is -2.63. The number of methoxy groups -OCH3 is 1. The predicted octanol–water partition coefficient (Wildman–Crippen LogP) is 6.55. The van der Waals surface area contributed by atoms with Crippen LogP contribution in [-0.2, 0) is 9.47 Å². The van der Waals surface area contributed by atoms with Crippen LogP contribution in [-0.4, -0.2) is 113 Å². The summed E-state index contributed by atoms with van der Waals surface area (Å²) in [6.07, 6.45) is 1.92. The number of fused-ring (bicyclic) bond motifs is 7. The van der Waals surface area contributed by atoms with E-state index in [2.05, 4.69) is 14.9 Å². The van der Waals surface area contributed by atoms with Gasteiger partial charge in [-0.3, -0.25) is 9.80 Å². The summed E-state index contributed by atoms with van der Waals surface area (Å²) in [6, 6.07) is 4.09. The van der Waals surface area contributed by atoms with Crippen molar-refractivity contribution in [2.75, 3.05) is 51.7 Å². The summed E-state index contributed by atoms with van der Waals surface area (Å²) in [4.78, 5) is 33.5. The molecule has 0 saturated carbocycles. The number of carbonyl (C=O) groups excluding carboxylic acids is 1. The molecule has 2 bridgehead atoms. The standard InChI is InChI=1S/C39H42F4N6O6/c1-38(2,3)55-37(50)49-22-7-9-26(49)27-17-52-35-29-33(45-36(46-34(29)48(27)16-22)53-18-39-10-5-11-47(39)15-21(40)14-39)31(43)32(44-35)24-13-23(54-19-51-4)12-20-6-8-25(41)30(42)28(20)24/h6,8,12-13,21-22,26-27H,5,7,9-11,14-19H2,1-4H3/t21-,22+,26-,27-,39-/m0/s1. The fourth-order valence-corrected chi connectivity index (χ4v) is 9.32. The highest BCUT2D eigenvalue weighted by Crippen LogP contribution is 2.47. The van der Waals surface area contributed by atoms with E-state index in [-0.39, 0.29) is 82.7 Å². The molecule has 0 spiro atoms. The summed E-state index contributed by atoms with van der Waals surface area (Å²) in [5.74, 6) is -2.76. The number of nitrogens with zero attached hydrogens (tertiary/aromatic N) is 6. The van der Waals surface area contributed by atoms with Crippen molar-refractivity contribution in [1.82, 2.24) is 24.8 Å². The average molecular weight is 767 g/mol. The lowest BCUT2D eigenvalue weighted by Gasteiger charge is -2.46. The smallest absolute Gasteiger partial charge is 0.410 e. The van der Waals surface area contributed by atoms with Crippen molar-refractivity contribution < 1.29 is 46.0 Å². The van der Waals surface area contributed by atoms with Gasteiger partial charge in [0.25, 0.3) is 0 Å². The van der Waals surface area contributed by atoms with E-state index in [1.807, 2.05) is 25.7 Å². The fourth-order valence-electron chi connectivity index (χ4n) is 9.32. The normalized spacial score (nSPS) is 25.9. The van der Waals surface area contributed by atoms with Crippen LogP contribution < -0.4 is 19.1 Å². The quantitative estimate of drug-likeness (QED) is 0.151. The second kappa shape index (κ2) is 13.2. The Morgan fingerprint density at radius 1 is 1.02 bits per heavy atom. The zero-order chi connectivity index (χ0) is 38.4. The van der Waals surface area contributed by atoms with Gasteiger partial charge in [-0.2, -0.15) is 9.97 Å². The van der Waals surface area contributed by atoms with Crippen molar-refractivity contribution >= 4 is 33.6 Å². The molecule has 55 heavy (non-hydrogen) atoms. The summed E-state index contributed by atoms with van der Waals surface area (Å²) >= 11 is 0. The molecule has 5 aliphatic heterocycles. The number of aromatic nitrogens is 3. The number of halogens is 4. The predicted molar refractivity (Wildman–Crippen MR) is 193 cm³/mol. The molecule has 12 nitrogen and oxygen atoms in total. The highest BCUT2D eigenvalue weighted by atomic mass is 19.2. The van der Waals surface area contributed by atoms with E-state index in [0.29, 0.717) is 38.2 Å². The minimum atomic E-state index is -1.19. The van der Waals surface area contributed by atoms with Crippen LogP contribution >= 0.6 is 0 Å². The van der Waals surface area contributed by atoms with E-state index >= 15 is 8.78 Å². The average Bonchev–Trinajstić information content (AvgIpc) is 3.75. The SMILES string of the molecule is COCOc1cc(-c2nc3c4c(nc(OC[C@@]56CCCN5C[C@@H](F)C6)nc4c2F)N2C[C@H]4CC[C@@H]([C@@H]2CO3)N4C(=O)OC(C)(C)C)c2c(F)c(F)ccc2c1. The maximum Gasteiger partial charge on any atom is 0.410 e. The molecule has 16 heteroatoms. The molecule has 0 radical (unpaired) electrons. The number of carbonyl (C=O) groups is 1. The van der Waals surface area contributed by atoms with Crippen LogP contribution in [0.4, 0.5) is 28.2 Å². The van der Waals surface area contributed by atoms with E-state index < -0.39 is 46.9 Å². The van der Waals surface area contributed by atoms with Crippen LogP contribution in [0, 0.1) is 17.5 Å². The number of benzene rings is 2. The van der Waals surface area contributed by atoms with Gasteiger partial charge in [0.15, 0.2) is 24.2 Å². The molecule has 2 aromatic carbocycles. The molecular weight excluding hydrogens is 724 g/mol. The Morgan fingerprint density at radius 2 is 1.85 bits per heavy atom. The van der Waals surface area contributed by atoms with E-state index in [9.17, 15) is 13.6 Å². The molecule has 0 aliphatic carbocycles. The van der Waals surface area contributed by atoms with Crippen molar-refractivity contribution in [3.05, 3.63) is 41.7 Å². The minimum absolute atomic E-state index is 0.0214. The first-order valence-electron chi connectivity index (χ1n) is 18.7. The van der Waals surface area contributed by atoms with Crippen molar-refractivity contribution in [3.8, 4) is 28.9 Å². The second-order valence-electron chi connectivity index (χ2n) is 16.2. The zero-order valence-electron chi connectivity index (χ0n) is 31.0. The number of piperazine rings is 1. The number of rotatable bonds is 7. The van der Waals surface area contributed by atoms with E-state index in [1.165, 1.54) is 25.3 Å². The number of amides is 1. The summed E-state index contributed by atoms with van der Waals surface area (Å²) in [6.45, 7) is 6.84. The first kappa shape index (κ1) is 36.0. The highest BCUT2D eigenvalue weighted by Gasteiger charge is 2.52. The van der Waals surface area contributed by atoms with Crippen LogP contribution in [0.3, 0.4) is 0 Å². The Bertz CT molecular complexity index is 2210. The molecule has 0 unspecified atom stereocenters. The molecule has 4 fully saturated rings. The van der Waals surface area contributed by atoms with Gasteiger partial charge in [-0.15, -0.1) is 0 Å². The van der Waals surface area contributed by atoms with Crippen molar-refractivity contribution in [1.29, 1.82) is 0 Å². The van der Waals surface area contributed by atoms with Gasteiger partial charge in [-0.25, -0.2) is 27.3 Å². The molecule has 5 atom stereocenters. The molecule has 7 heterocycles. The zero-order valence-corrected chi connectivity index (χ0v) is 31.0. The molecule has 4 aromatic rings. The molecule has 292 valence electrons. The van der Waals surface area contributed by atoms with Gasteiger partial charge < -0.3 is 28.6 Å². The first-order chi connectivity index (χ1) is 26.3. The van der Waals surface area contributed by atoms with Crippen LogP contribution in [0.5, 0.6) is 17.6 Å². The van der Waals surface area contributed by atoms with Crippen LogP contribution in [0.25, 0.3) is 32.9 Å². The van der Waals surface area contributed by atoms with Gasteiger partial charge in [0.2, 0.25) is 5.88 Å². The van der Waals surface area contributed by atoms with E-state index in [1.54, 1.807) is 4.90 Å². The van der Waals surface area contributed by atoms with E-state index in [0.717, 1.165) is 25.5 Å². The van der Waals surface area contributed by atoms with Gasteiger partial charge >= 0.3 is 12.1 Å². The highest BCUT2D eigenvalue weighted by molar-refractivity contribution is 6.02.